The minimum absolute atomic E-state index is 0.0380. The van der Waals surface area contributed by atoms with Crippen LogP contribution in [0.5, 0.6) is 5.75 Å². The normalized spacial score (nSPS) is 11.7. The molecular weight excluding hydrogens is 322 g/mol. The molecule has 0 radical (unpaired) electrons. The highest BCUT2D eigenvalue weighted by molar-refractivity contribution is 7.89. The molecule has 0 aliphatic rings. The first kappa shape index (κ1) is 19.1. The highest BCUT2D eigenvalue weighted by Crippen LogP contribution is 2.25. The van der Waals surface area contributed by atoms with E-state index >= 15 is 0 Å². The molecular formula is C15H21NO6S. The number of ether oxygens (including phenoxy) is 2. The van der Waals surface area contributed by atoms with E-state index in [-0.39, 0.29) is 17.2 Å². The molecule has 0 unspecified atom stereocenters. The van der Waals surface area contributed by atoms with Gasteiger partial charge in [0.2, 0.25) is 10.0 Å². The number of aliphatic carboxylic acids is 1. The fourth-order valence-corrected chi connectivity index (χ4v) is 3.05. The lowest BCUT2D eigenvalue weighted by atomic mass is 10.2. The van der Waals surface area contributed by atoms with Gasteiger partial charge < -0.3 is 14.6 Å². The topological polar surface area (TPSA) is 102 Å². The van der Waals surface area contributed by atoms with Crippen molar-refractivity contribution in [2.45, 2.75) is 18.2 Å². The van der Waals surface area contributed by atoms with Crippen LogP contribution in [0.3, 0.4) is 0 Å². The molecule has 0 aliphatic heterocycles. The number of carbonyl (C=O) groups is 1. The second-order valence-corrected chi connectivity index (χ2v) is 6.27. The van der Waals surface area contributed by atoms with Crippen LogP contribution in [0.4, 0.5) is 0 Å². The van der Waals surface area contributed by atoms with Crippen molar-refractivity contribution in [2.75, 3.05) is 26.9 Å². The third-order valence-electron chi connectivity index (χ3n) is 2.86. The average molecular weight is 343 g/mol. The Morgan fingerprint density at radius 1 is 1.39 bits per heavy atom. The van der Waals surface area contributed by atoms with Crippen LogP contribution < -0.4 is 9.46 Å². The van der Waals surface area contributed by atoms with Gasteiger partial charge in [-0.15, -0.1) is 0 Å². The number of nitrogens with one attached hydrogen (secondary N) is 1. The summed E-state index contributed by atoms with van der Waals surface area (Å²) in [5, 5.41) is 8.64. The van der Waals surface area contributed by atoms with Gasteiger partial charge in [-0.3, -0.25) is 0 Å². The Hall–Kier alpha value is -1.90. The first-order valence-corrected chi connectivity index (χ1v) is 8.55. The lowest BCUT2D eigenvalue weighted by molar-refractivity contribution is -0.131. The number of hydrogen-bond acceptors (Lipinski definition) is 5. The van der Waals surface area contributed by atoms with Crippen LogP contribution in [0, 0.1) is 0 Å². The van der Waals surface area contributed by atoms with Gasteiger partial charge in [-0.1, -0.05) is 6.07 Å². The molecule has 1 aromatic carbocycles. The molecule has 7 nitrogen and oxygen atoms in total. The van der Waals surface area contributed by atoms with Crippen LogP contribution in [-0.4, -0.2) is 46.4 Å². The number of methoxy groups -OCH3 is 1. The average Bonchev–Trinajstić information content (AvgIpc) is 2.52. The van der Waals surface area contributed by atoms with Gasteiger partial charge in [-0.25, -0.2) is 17.9 Å². The standard InChI is InChI=1S/C15H21NO6S/c1-3-22-10-4-9-16-23(19,20)14-11-12(6-8-15(17)18)5-7-13(14)21-2/h5-8,11,16H,3-4,9-10H2,1-2H3,(H,17,18)/b8-6+. The van der Waals surface area contributed by atoms with Crippen LogP contribution in [0.1, 0.15) is 18.9 Å². The highest BCUT2D eigenvalue weighted by atomic mass is 32.2. The molecule has 128 valence electrons. The van der Waals surface area contributed by atoms with E-state index in [1.807, 2.05) is 6.92 Å². The molecule has 0 atom stereocenters. The van der Waals surface area contributed by atoms with Gasteiger partial charge in [0.05, 0.1) is 7.11 Å². The number of sulfonamides is 1. The fraction of sp³-hybridized carbons (Fsp3) is 0.400. The Morgan fingerprint density at radius 2 is 2.13 bits per heavy atom. The summed E-state index contributed by atoms with van der Waals surface area (Å²) in [6.45, 7) is 3.15. The van der Waals surface area contributed by atoms with Gasteiger partial charge in [0.1, 0.15) is 10.6 Å². The van der Waals surface area contributed by atoms with E-state index in [0.717, 1.165) is 6.08 Å². The third kappa shape index (κ3) is 6.39. The zero-order valence-corrected chi connectivity index (χ0v) is 13.9. The van der Waals surface area contributed by atoms with Crippen LogP contribution in [0.2, 0.25) is 0 Å². The molecule has 0 heterocycles. The van der Waals surface area contributed by atoms with Gasteiger partial charge in [0, 0.05) is 25.8 Å². The lowest BCUT2D eigenvalue weighted by Gasteiger charge is -2.11. The Balaban J connectivity index is 2.93. The Morgan fingerprint density at radius 3 is 2.74 bits per heavy atom. The van der Waals surface area contributed by atoms with Gasteiger partial charge in [-0.2, -0.15) is 0 Å². The molecule has 0 saturated heterocycles. The minimum atomic E-state index is -3.76. The largest absolute Gasteiger partial charge is 0.495 e. The predicted molar refractivity (Wildman–Crippen MR) is 86.0 cm³/mol. The van der Waals surface area contributed by atoms with Gasteiger partial charge >= 0.3 is 5.97 Å². The molecule has 0 fully saturated rings. The molecule has 0 spiro atoms. The zero-order chi connectivity index (χ0) is 17.3. The summed E-state index contributed by atoms with van der Waals surface area (Å²) in [6, 6.07) is 4.42. The van der Waals surface area contributed by atoms with Crippen molar-refractivity contribution in [3.8, 4) is 5.75 Å². The monoisotopic (exact) mass is 343 g/mol. The number of benzene rings is 1. The van der Waals surface area contributed by atoms with Crippen molar-refractivity contribution in [3.63, 3.8) is 0 Å². The van der Waals surface area contributed by atoms with Crippen molar-refractivity contribution in [2.24, 2.45) is 0 Å². The second-order valence-electron chi connectivity index (χ2n) is 4.53. The van der Waals surface area contributed by atoms with Crippen LogP contribution >= 0.6 is 0 Å². The molecule has 8 heteroatoms. The molecule has 0 aliphatic carbocycles. The van der Waals surface area contributed by atoms with Crippen molar-refractivity contribution in [1.82, 2.24) is 4.72 Å². The first-order chi connectivity index (χ1) is 10.9. The van der Waals surface area contributed by atoms with E-state index in [1.165, 1.54) is 25.3 Å². The molecule has 2 N–H and O–H groups in total. The summed E-state index contributed by atoms with van der Waals surface area (Å²) in [7, 11) is -2.39. The van der Waals surface area contributed by atoms with E-state index in [1.54, 1.807) is 6.07 Å². The number of hydrogen-bond donors (Lipinski definition) is 2. The Labute approximate surface area is 136 Å². The van der Waals surface area contributed by atoms with Gasteiger partial charge in [0.15, 0.2) is 0 Å². The number of rotatable bonds is 10. The van der Waals surface area contributed by atoms with Crippen molar-refractivity contribution < 1.29 is 27.8 Å². The Kier molecular flexibility index (Phi) is 7.73. The van der Waals surface area contributed by atoms with Crippen LogP contribution in [0.25, 0.3) is 6.08 Å². The predicted octanol–water partition coefficient (Wildman–Crippen LogP) is 1.50. The van der Waals surface area contributed by atoms with Crippen LogP contribution in [-0.2, 0) is 19.6 Å². The maximum absolute atomic E-state index is 12.4. The smallest absolute Gasteiger partial charge is 0.328 e. The van der Waals surface area contributed by atoms with Crippen molar-refractivity contribution in [3.05, 3.63) is 29.8 Å². The SMILES string of the molecule is CCOCCCNS(=O)(=O)c1cc(/C=C/C(=O)O)ccc1OC. The maximum Gasteiger partial charge on any atom is 0.328 e. The summed E-state index contributed by atoms with van der Waals surface area (Å²) in [6.07, 6.45) is 2.80. The third-order valence-corrected chi connectivity index (χ3v) is 4.34. The van der Waals surface area contributed by atoms with E-state index in [9.17, 15) is 13.2 Å². The van der Waals surface area contributed by atoms with Crippen molar-refractivity contribution >= 4 is 22.1 Å². The molecule has 0 saturated carbocycles. The maximum atomic E-state index is 12.4. The molecule has 1 aromatic rings. The second kappa shape index (κ2) is 9.29. The summed E-state index contributed by atoms with van der Waals surface area (Å²) in [5.74, 6) is -0.922. The number of carboxylic acid groups (broad SMARTS) is 1. The fourth-order valence-electron chi connectivity index (χ4n) is 1.78. The molecule has 0 aromatic heterocycles. The lowest BCUT2D eigenvalue weighted by Crippen LogP contribution is -2.26. The summed E-state index contributed by atoms with van der Waals surface area (Å²) in [5.41, 5.74) is 0.447. The van der Waals surface area contributed by atoms with E-state index in [2.05, 4.69) is 4.72 Å². The molecule has 23 heavy (non-hydrogen) atoms. The van der Waals surface area contributed by atoms with Gasteiger partial charge in [0.25, 0.3) is 0 Å². The zero-order valence-electron chi connectivity index (χ0n) is 13.1. The van der Waals surface area contributed by atoms with E-state index in [0.29, 0.717) is 25.2 Å². The van der Waals surface area contributed by atoms with E-state index in [4.69, 9.17) is 14.6 Å². The molecule has 0 amide bonds. The summed E-state index contributed by atoms with van der Waals surface area (Å²) >= 11 is 0. The number of carboxylic acids is 1. The summed E-state index contributed by atoms with van der Waals surface area (Å²) in [4.78, 5) is 10.5. The minimum Gasteiger partial charge on any atom is -0.495 e. The Bertz CT molecular complexity index is 654. The molecule has 0 bridgehead atoms. The molecule has 1 rings (SSSR count). The van der Waals surface area contributed by atoms with Gasteiger partial charge in [-0.05, 0) is 37.1 Å². The van der Waals surface area contributed by atoms with Crippen LogP contribution in [0.15, 0.2) is 29.2 Å². The summed E-state index contributed by atoms with van der Waals surface area (Å²) < 4.78 is 37.4. The van der Waals surface area contributed by atoms with E-state index < -0.39 is 16.0 Å². The highest BCUT2D eigenvalue weighted by Gasteiger charge is 2.19. The van der Waals surface area contributed by atoms with Crippen molar-refractivity contribution in [1.29, 1.82) is 0 Å². The quantitative estimate of drug-likeness (QED) is 0.493. The first-order valence-electron chi connectivity index (χ1n) is 7.07.